The number of likely N-dealkylation sites (tertiary alicyclic amines) is 1. The second-order valence-electron chi connectivity index (χ2n) is 4.02. The third-order valence-electron chi connectivity index (χ3n) is 2.66. The average molecular weight is 238 g/mol. The molecular formula is C11H14N2O4. The second kappa shape index (κ2) is 4.60. The quantitative estimate of drug-likeness (QED) is 0.516. The van der Waals surface area contributed by atoms with Crippen LogP contribution in [0.2, 0.25) is 0 Å². The molecule has 2 amide bonds. The molecule has 0 bridgehead atoms. The first kappa shape index (κ1) is 11.7. The molecule has 1 aromatic rings. The number of aromatic hydroxyl groups is 1. The first-order valence-electron chi connectivity index (χ1n) is 5.27. The van der Waals surface area contributed by atoms with Gasteiger partial charge in [0, 0.05) is 5.69 Å². The Labute approximate surface area is 98.1 Å². The lowest BCUT2D eigenvalue weighted by Gasteiger charge is -2.16. The maximum absolute atomic E-state index is 11.7. The molecule has 2 atom stereocenters. The smallest absolute Gasteiger partial charge is 0.322 e. The minimum atomic E-state index is -0.888. The number of phenolic OH excluding ortho intramolecular Hbond substituents is 1. The Morgan fingerprint density at radius 2 is 1.71 bits per heavy atom. The monoisotopic (exact) mass is 238 g/mol. The molecule has 1 aromatic carbocycles. The number of hydrogen-bond acceptors (Lipinski definition) is 4. The van der Waals surface area contributed by atoms with Crippen molar-refractivity contribution in [3.8, 4) is 5.75 Å². The number of hydrogen-bond donors (Lipinski definition) is 4. The molecular weight excluding hydrogens is 224 g/mol. The van der Waals surface area contributed by atoms with Crippen LogP contribution < -0.4 is 5.32 Å². The SMILES string of the molecule is O=C(Nc1ccc(O)cc1)N1C[C@@H](O)[C@H](O)C1. The highest BCUT2D eigenvalue weighted by Crippen LogP contribution is 2.16. The van der Waals surface area contributed by atoms with Gasteiger partial charge < -0.3 is 25.5 Å². The first-order chi connectivity index (χ1) is 8.06. The molecule has 17 heavy (non-hydrogen) atoms. The number of anilines is 1. The van der Waals surface area contributed by atoms with E-state index in [1.807, 2.05) is 0 Å². The topological polar surface area (TPSA) is 93.0 Å². The lowest BCUT2D eigenvalue weighted by Crippen LogP contribution is -2.33. The molecule has 1 saturated heterocycles. The van der Waals surface area contributed by atoms with Gasteiger partial charge in [-0.25, -0.2) is 4.79 Å². The third kappa shape index (κ3) is 2.66. The number of benzene rings is 1. The van der Waals surface area contributed by atoms with E-state index < -0.39 is 12.2 Å². The summed E-state index contributed by atoms with van der Waals surface area (Å²) in [7, 11) is 0. The highest BCUT2D eigenvalue weighted by molar-refractivity contribution is 5.89. The largest absolute Gasteiger partial charge is 0.508 e. The van der Waals surface area contributed by atoms with Gasteiger partial charge in [0.1, 0.15) is 5.75 Å². The normalized spacial score (nSPS) is 23.8. The molecule has 0 unspecified atom stereocenters. The van der Waals surface area contributed by atoms with Crippen molar-refractivity contribution in [2.75, 3.05) is 18.4 Å². The maximum Gasteiger partial charge on any atom is 0.322 e. The van der Waals surface area contributed by atoms with E-state index in [2.05, 4.69) is 5.32 Å². The number of carbonyl (C=O) groups excluding carboxylic acids is 1. The van der Waals surface area contributed by atoms with E-state index in [-0.39, 0.29) is 24.9 Å². The third-order valence-corrected chi connectivity index (χ3v) is 2.66. The van der Waals surface area contributed by atoms with Gasteiger partial charge in [-0.15, -0.1) is 0 Å². The minimum Gasteiger partial charge on any atom is -0.508 e. The summed E-state index contributed by atoms with van der Waals surface area (Å²) >= 11 is 0. The van der Waals surface area contributed by atoms with Crippen molar-refractivity contribution < 1.29 is 20.1 Å². The molecule has 6 heteroatoms. The van der Waals surface area contributed by atoms with Crippen molar-refractivity contribution in [1.82, 2.24) is 4.90 Å². The Bertz CT molecular complexity index is 396. The Hall–Kier alpha value is -1.79. The number of urea groups is 1. The fourth-order valence-electron chi connectivity index (χ4n) is 1.68. The molecule has 6 nitrogen and oxygen atoms in total. The van der Waals surface area contributed by atoms with Gasteiger partial charge in [-0.05, 0) is 24.3 Å². The maximum atomic E-state index is 11.7. The van der Waals surface area contributed by atoms with E-state index in [9.17, 15) is 15.0 Å². The van der Waals surface area contributed by atoms with E-state index in [1.54, 1.807) is 12.1 Å². The predicted octanol–water partition coefficient (Wildman–Crippen LogP) is -0.0385. The predicted molar refractivity (Wildman–Crippen MR) is 60.7 cm³/mol. The van der Waals surface area contributed by atoms with E-state index >= 15 is 0 Å². The average Bonchev–Trinajstić information content (AvgIpc) is 2.63. The number of β-amino-alcohol motifs (C(OH)–C–C–N with tert-alkyl or cyclic N) is 2. The zero-order valence-electron chi connectivity index (χ0n) is 9.08. The molecule has 0 aliphatic carbocycles. The summed E-state index contributed by atoms with van der Waals surface area (Å²) in [6.45, 7) is 0.232. The molecule has 1 fully saturated rings. The van der Waals surface area contributed by atoms with E-state index in [1.165, 1.54) is 17.0 Å². The van der Waals surface area contributed by atoms with Crippen LogP contribution in [0.25, 0.3) is 0 Å². The second-order valence-corrected chi connectivity index (χ2v) is 4.02. The van der Waals surface area contributed by atoms with Crippen LogP contribution in [0.4, 0.5) is 10.5 Å². The molecule has 2 rings (SSSR count). The van der Waals surface area contributed by atoms with Gasteiger partial charge in [-0.1, -0.05) is 0 Å². The van der Waals surface area contributed by atoms with Crippen LogP contribution in [0.5, 0.6) is 5.75 Å². The van der Waals surface area contributed by atoms with Gasteiger partial charge in [0.25, 0.3) is 0 Å². The van der Waals surface area contributed by atoms with Gasteiger partial charge >= 0.3 is 6.03 Å². The lowest BCUT2D eigenvalue weighted by molar-refractivity contribution is 0.0572. The summed E-state index contributed by atoms with van der Waals surface area (Å²) in [6, 6.07) is 5.67. The molecule has 4 N–H and O–H groups in total. The number of carbonyl (C=O) groups is 1. The molecule has 0 spiro atoms. The molecule has 1 aliphatic heterocycles. The number of aliphatic hydroxyl groups is 2. The number of nitrogens with zero attached hydrogens (tertiary/aromatic N) is 1. The summed E-state index contributed by atoms with van der Waals surface area (Å²) in [4.78, 5) is 13.1. The Morgan fingerprint density at radius 3 is 2.24 bits per heavy atom. The van der Waals surface area contributed by atoms with Gasteiger partial charge in [-0.3, -0.25) is 0 Å². The number of amides is 2. The molecule has 0 aromatic heterocycles. The molecule has 0 radical (unpaired) electrons. The standard InChI is InChI=1S/C11H14N2O4/c14-8-3-1-7(2-4-8)12-11(17)13-5-9(15)10(16)6-13/h1-4,9-10,14-16H,5-6H2,(H,12,17)/t9-,10-/m1/s1. The van der Waals surface area contributed by atoms with Gasteiger partial charge in [0.05, 0.1) is 25.3 Å². The van der Waals surface area contributed by atoms with E-state index in [0.29, 0.717) is 5.69 Å². The Balaban J connectivity index is 1.96. The number of rotatable bonds is 1. The van der Waals surface area contributed by atoms with Gasteiger partial charge in [0.15, 0.2) is 0 Å². The van der Waals surface area contributed by atoms with Crippen molar-refractivity contribution in [3.05, 3.63) is 24.3 Å². The lowest BCUT2D eigenvalue weighted by atomic mass is 10.3. The molecule has 1 aliphatic rings. The summed E-state index contributed by atoms with van der Waals surface area (Å²) in [6.07, 6.45) is -1.78. The summed E-state index contributed by atoms with van der Waals surface area (Å²) in [5.74, 6) is 0.120. The zero-order valence-corrected chi connectivity index (χ0v) is 9.08. The zero-order chi connectivity index (χ0) is 12.4. The van der Waals surface area contributed by atoms with Crippen molar-refractivity contribution in [3.63, 3.8) is 0 Å². The summed E-state index contributed by atoms with van der Waals surface area (Å²) < 4.78 is 0. The van der Waals surface area contributed by atoms with Crippen molar-refractivity contribution in [2.24, 2.45) is 0 Å². The first-order valence-corrected chi connectivity index (χ1v) is 5.27. The molecule has 92 valence electrons. The van der Waals surface area contributed by atoms with Crippen LogP contribution in [0.1, 0.15) is 0 Å². The van der Waals surface area contributed by atoms with Crippen LogP contribution in [-0.4, -0.2) is 51.5 Å². The fraction of sp³-hybridized carbons (Fsp3) is 0.364. The van der Waals surface area contributed by atoms with Gasteiger partial charge in [0.2, 0.25) is 0 Å². The Kier molecular flexibility index (Phi) is 3.16. The molecule has 0 saturated carbocycles. The van der Waals surface area contributed by atoms with Crippen LogP contribution in [-0.2, 0) is 0 Å². The fourth-order valence-corrected chi connectivity index (χ4v) is 1.68. The van der Waals surface area contributed by atoms with Crippen LogP contribution in [0.15, 0.2) is 24.3 Å². The van der Waals surface area contributed by atoms with Crippen LogP contribution in [0, 0.1) is 0 Å². The highest BCUT2D eigenvalue weighted by atomic mass is 16.3. The Morgan fingerprint density at radius 1 is 1.18 bits per heavy atom. The van der Waals surface area contributed by atoms with Crippen LogP contribution >= 0.6 is 0 Å². The van der Waals surface area contributed by atoms with E-state index in [0.717, 1.165) is 0 Å². The number of aliphatic hydroxyl groups excluding tert-OH is 2. The minimum absolute atomic E-state index is 0.116. The summed E-state index contributed by atoms with van der Waals surface area (Å²) in [5.41, 5.74) is 0.545. The van der Waals surface area contributed by atoms with Gasteiger partial charge in [-0.2, -0.15) is 0 Å². The van der Waals surface area contributed by atoms with Crippen molar-refractivity contribution in [1.29, 1.82) is 0 Å². The van der Waals surface area contributed by atoms with Crippen molar-refractivity contribution >= 4 is 11.7 Å². The highest BCUT2D eigenvalue weighted by Gasteiger charge is 2.32. The van der Waals surface area contributed by atoms with Crippen LogP contribution in [0.3, 0.4) is 0 Å². The van der Waals surface area contributed by atoms with E-state index in [4.69, 9.17) is 5.11 Å². The summed E-state index contributed by atoms with van der Waals surface area (Å²) in [5, 5.41) is 30.3. The number of nitrogens with one attached hydrogen (secondary N) is 1. The number of phenols is 1. The van der Waals surface area contributed by atoms with Crippen molar-refractivity contribution in [2.45, 2.75) is 12.2 Å². The molecule has 1 heterocycles.